The van der Waals surface area contributed by atoms with E-state index in [1.807, 2.05) is 42.5 Å². The zero-order valence-corrected chi connectivity index (χ0v) is 22.4. The molecule has 2 heterocycles. The molecule has 8 heteroatoms. The molecule has 2 aromatic carbocycles. The lowest BCUT2D eigenvalue weighted by Gasteiger charge is -2.25. The molecule has 188 valence electrons. The second kappa shape index (κ2) is 11.3. The molecule has 0 saturated carbocycles. The highest BCUT2D eigenvalue weighted by atomic mass is 35.5. The van der Waals surface area contributed by atoms with Gasteiger partial charge in [-0.1, -0.05) is 66.6 Å². The summed E-state index contributed by atoms with van der Waals surface area (Å²) in [6.07, 6.45) is 3.51. The van der Waals surface area contributed by atoms with Crippen LogP contribution in [0.2, 0.25) is 5.02 Å². The normalized spacial score (nSPS) is 15.6. The lowest BCUT2D eigenvalue weighted by molar-refractivity contribution is -0.143. The van der Waals surface area contributed by atoms with Crippen molar-refractivity contribution in [1.29, 1.82) is 0 Å². The first-order valence-corrected chi connectivity index (χ1v) is 13.2. The average molecular weight is 525 g/mol. The van der Waals surface area contributed by atoms with Crippen molar-refractivity contribution in [3.8, 4) is 5.75 Å². The molecular formula is C28H29ClN2O4S. The van der Waals surface area contributed by atoms with Crippen LogP contribution in [0.1, 0.15) is 57.7 Å². The van der Waals surface area contributed by atoms with E-state index in [0.717, 1.165) is 29.7 Å². The maximum atomic E-state index is 13.8. The number of fused-ring (bicyclic) bond motifs is 1. The second-order valence-corrected chi connectivity index (χ2v) is 10.3. The number of hydrogen-bond donors (Lipinski definition) is 0. The van der Waals surface area contributed by atoms with Crippen LogP contribution in [-0.4, -0.2) is 23.2 Å². The van der Waals surface area contributed by atoms with Crippen LogP contribution < -0.4 is 19.6 Å². The highest BCUT2D eigenvalue weighted by molar-refractivity contribution is 7.07. The first-order chi connectivity index (χ1) is 17.3. The van der Waals surface area contributed by atoms with Crippen molar-refractivity contribution in [3.63, 3.8) is 0 Å². The van der Waals surface area contributed by atoms with E-state index < -0.39 is 12.0 Å². The number of carbonyl (C=O) groups excluding carboxylic acids is 1. The highest BCUT2D eigenvalue weighted by Crippen LogP contribution is 2.31. The number of allylic oxidation sites excluding steroid dienone is 1. The van der Waals surface area contributed by atoms with E-state index in [4.69, 9.17) is 21.1 Å². The van der Waals surface area contributed by atoms with Crippen LogP contribution in [0.3, 0.4) is 0 Å². The summed E-state index contributed by atoms with van der Waals surface area (Å²) in [6, 6.07) is 14.1. The van der Waals surface area contributed by atoms with Gasteiger partial charge in [0.15, 0.2) is 4.80 Å². The number of carbonyl (C=O) groups is 1. The molecule has 0 N–H and O–H groups in total. The van der Waals surface area contributed by atoms with Gasteiger partial charge >= 0.3 is 5.97 Å². The first kappa shape index (κ1) is 25.9. The number of hydrogen-bond acceptors (Lipinski definition) is 6. The fourth-order valence-corrected chi connectivity index (χ4v) is 5.18. The van der Waals surface area contributed by atoms with Crippen LogP contribution in [0.15, 0.2) is 69.6 Å². The van der Waals surface area contributed by atoms with Gasteiger partial charge in [-0.2, -0.15) is 0 Å². The molecule has 36 heavy (non-hydrogen) atoms. The number of para-hydroxylation sites is 1. The Bertz CT molecular complexity index is 1470. The van der Waals surface area contributed by atoms with Crippen LogP contribution in [-0.2, 0) is 9.53 Å². The van der Waals surface area contributed by atoms with Crippen molar-refractivity contribution in [2.24, 2.45) is 4.99 Å². The molecule has 0 bridgehead atoms. The Labute approximate surface area is 219 Å². The molecule has 1 unspecified atom stereocenters. The van der Waals surface area contributed by atoms with Crippen LogP contribution in [0, 0.1) is 0 Å². The van der Waals surface area contributed by atoms with Crippen LogP contribution in [0.5, 0.6) is 5.75 Å². The Morgan fingerprint density at radius 1 is 1.19 bits per heavy atom. The Morgan fingerprint density at radius 3 is 2.61 bits per heavy atom. The van der Waals surface area contributed by atoms with Gasteiger partial charge < -0.3 is 9.47 Å². The Hall–Kier alpha value is -3.16. The first-order valence-electron chi connectivity index (χ1n) is 12.0. The van der Waals surface area contributed by atoms with Crippen LogP contribution in [0.25, 0.3) is 6.08 Å². The summed E-state index contributed by atoms with van der Waals surface area (Å²) in [5, 5.41) is 0.567. The second-order valence-electron chi connectivity index (χ2n) is 8.83. The van der Waals surface area contributed by atoms with Crippen molar-refractivity contribution in [2.45, 2.75) is 52.7 Å². The number of nitrogens with zero attached hydrogens (tertiary/aromatic N) is 2. The summed E-state index contributed by atoms with van der Waals surface area (Å²) in [6.45, 7) is 8.08. The van der Waals surface area contributed by atoms with Gasteiger partial charge in [-0.25, -0.2) is 9.79 Å². The molecule has 0 amide bonds. The van der Waals surface area contributed by atoms with Gasteiger partial charge in [0.05, 0.1) is 34.6 Å². The van der Waals surface area contributed by atoms with E-state index in [9.17, 15) is 9.59 Å². The fourth-order valence-electron chi connectivity index (χ4n) is 4.02. The highest BCUT2D eigenvalue weighted by Gasteiger charge is 2.33. The summed E-state index contributed by atoms with van der Waals surface area (Å²) in [5.41, 5.74) is 2.20. The summed E-state index contributed by atoms with van der Waals surface area (Å²) in [4.78, 5) is 32.1. The van der Waals surface area contributed by atoms with Crippen molar-refractivity contribution in [1.82, 2.24) is 4.57 Å². The van der Waals surface area contributed by atoms with Gasteiger partial charge in [0.2, 0.25) is 0 Å². The van der Waals surface area contributed by atoms with E-state index in [2.05, 4.69) is 11.9 Å². The lowest BCUT2D eigenvalue weighted by Crippen LogP contribution is -2.40. The Balaban J connectivity index is 1.87. The van der Waals surface area contributed by atoms with Gasteiger partial charge in [0, 0.05) is 10.6 Å². The van der Waals surface area contributed by atoms with Crippen molar-refractivity contribution in [3.05, 3.63) is 95.6 Å². The zero-order valence-electron chi connectivity index (χ0n) is 20.8. The zero-order chi connectivity index (χ0) is 25.8. The number of benzene rings is 2. The summed E-state index contributed by atoms with van der Waals surface area (Å²) in [7, 11) is 0. The number of rotatable bonds is 8. The van der Waals surface area contributed by atoms with Gasteiger partial charge in [0.25, 0.3) is 5.56 Å². The predicted molar refractivity (Wildman–Crippen MR) is 143 cm³/mol. The van der Waals surface area contributed by atoms with Gasteiger partial charge in [-0.3, -0.25) is 9.36 Å². The average Bonchev–Trinajstić information content (AvgIpc) is 3.14. The molecular weight excluding hydrogens is 496 g/mol. The maximum absolute atomic E-state index is 13.8. The van der Waals surface area contributed by atoms with Crippen molar-refractivity contribution in [2.75, 3.05) is 6.61 Å². The number of halogens is 1. The largest absolute Gasteiger partial charge is 0.493 e. The molecule has 3 aromatic rings. The molecule has 0 fully saturated rings. The molecule has 0 saturated heterocycles. The summed E-state index contributed by atoms with van der Waals surface area (Å²) < 4.78 is 13.6. The molecule has 0 spiro atoms. The van der Waals surface area contributed by atoms with Crippen LogP contribution >= 0.6 is 22.9 Å². The minimum Gasteiger partial charge on any atom is -0.493 e. The smallest absolute Gasteiger partial charge is 0.338 e. The number of thiazole rings is 1. The molecule has 1 aliphatic rings. The third-order valence-corrected chi connectivity index (χ3v) is 6.97. The van der Waals surface area contributed by atoms with Gasteiger partial charge in [-0.15, -0.1) is 0 Å². The minimum absolute atomic E-state index is 0.232. The maximum Gasteiger partial charge on any atom is 0.338 e. The van der Waals surface area contributed by atoms with Crippen LogP contribution in [0.4, 0.5) is 0 Å². The van der Waals surface area contributed by atoms with E-state index in [0.29, 0.717) is 32.2 Å². The molecule has 1 atom stereocenters. The molecule has 1 aromatic heterocycles. The number of ether oxygens (including phenoxy) is 2. The predicted octanol–water partition coefficient (Wildman–Crippen LogP) is 5.02. The summed E-state index contributed by atoms with van der Waals surface area (Å²) in [5.74, 6) is 0.235. The third-order valence-electron chi connectivity index (χ3n) is 5.73. The van der Waals surface area contributed by atoms with E-state index >= 15 is 0 Å². The van der Waals surface area contributed by atoms with Crippen molar-refractivity contribution >= 4 is 35.0 Å². The fraction of sp³-hybridized carbons (Fsp3) is 0.321. The van der Waals surface area contributed by atoms with Crippen molar-refractivity contribution < 1.29 is 14.3 Å². The summed E-state index contributed by atoms with van der Waals surface area (Å²) >= 11 is 7.41. The number of unbranched alkanes of at least 4 members (excludes halogenated alkanes) is 1. The standard InChI is InChI=1S/C28H29ClN2O4S/c1-5-6-15-34-22-10-8-7-9-20(22)16-23-26(32)31-25(19-11-13-21(29)14-12-19)24(27(33)35-17(2)3)18(4)30-28(31)36-23/h7-14,16-17,25H,5-6,15H2,1-4H3. The van der Waals surface area contributed by atoms with E-state index in [1.54, 1.807) is 37.5 Å². The van der Waals surface area contributed by atoms with E-state index in [-0.39, 0.29) is 11.7 Å². The molecule has 1 aliphatic heterocycles. The van der Waals surface area contributed by atoms with Gasteiger partial charge in [0.1, 0.15) is 5.75 Å². The van der Waals surface area contributed by atoms with Gasteiger partial charge in [-0.05, 0) is 57.0 Å². The molecule has 6 nitrogen and oxygen atoms in total. The van der Waals surface area contributed by atoms with E-state index in [1.165, 1.54) is 11.3 Å². The molecule has 0 radical (unpaired) electrons. The minimum atomic E-state index is -0.678. The number of esters is 1. The Kier molecular flexibility index (Phi) is 8.11. The molecule has 4 rings (SSSR count). The topological polar surface area (TPSA) is 69.9 Å². The monoisotopic (exact) mass is 524 g/mol. The quantitative estimate of drug-likeness (QED) is 0.306. The lowest BCUT2D eigenvalue weighted by atomic mass is 9.96. The molecule has 0 aliphatic carbocycles. The number of aromatic nitrogens is 1. The SMILES string of the molecule is CCCCOc1ccccc1C=c1sc2n(c1=O)C(c1ccc(Cl)cc1)C(C(=O)OC(C)C)=C(C)N=2. The third kappa shape index (κ3) is 5.47. The Morgan fingerprint density at radius 2 is 1.92 bits per heavy atom.